The number of carbonyl (C=O) groups is 1. The number of hydrogen-bond acceptors (Lipinski definition) is 1. The Hall–Kier alpha value is 0. The van der Waals surface area contributed by atoms with Crippen molar-refractivity contribution in [1.29, 1.82) is 0 Å². The molecule has 0 aromatic carbocycles. The van der Waals surface area contributed by atoms with Crippen LogP contribution in [0, 0.1) is 5.92 Å². The van der Waals surface area contributed by atoms with E-state index in [4.69, 9.17) is 0 Å². The summed E-state index contributed by atoms with van der Waals surface area (Å²) in [4.78, 5) is 12.1. The second kappa shape index (κ2) is 24.3. The smallest absolute Gasteiger partial charge is 0.314 e. The Morgan fingerprint density at radius 1 is 0.655 bits per heavy atom. The third-order valence-corrected chi connectivity index (χ3v) is 6.59. The van der Waals surface area contributed by atoms with E-state index < -0.39 is 0 Å². The Morgan fingerprint density at radius 3 is 1.69 bits per heavy atom. The van der Waals surface area contributed by atoms with E-state index in [0.717, 1.165) is 19.5 Å². The van der Waals surface area contributed by atoms with Crippen LogP contribution in [-0.4, -0.2) is 23.5 Å². The lowest BCUT2D eigenvalue weighted by Gasteiger charge is -2.18. The molecule has 3 nitrogen and oxygen atoms in total. The number of hydrogen-bond donors (Lipinski definition) is 2. The normalized spacial score (nSPS) is 11.2. The van der Waals surface area contributed by atoms with Crippen molar-refractivity contribution >= 4 is 28.6 Å². The zero-order valence-electron chi connectivity index (χ0n) is 19.7. The van der Waals surface area contributed by atoms with Gasteiger partial charge in [0.05, 0.1) is 0 Å². The van der Waals surface area contributed by atoms with Gasteiger partial charge in [0.25, 0.3) is 0 Å². The van der Waals surface area contributed by atoms with E-state index in [1.54, 1.807) is 0 Å². The van der Waals surface area contributed by atoms with Gasteiger partial charge in [0, 0.05) is 13.1 Å². The SMILES string of the molecule is CCCCCCCCC(CCCCCCCC)CNC(=O)NCCCCCCI. The van der Waals surface area contributed by atoms with Crippen molar-refractivity contribution in [1.82, 2.24) is 10.6 Å². The van der Waals surface area contributed by atoms with Gasteiger partial charge in [-0.2, -0.15) is 0 Å². The van der Waals surface area contributed by atoms with E-state index in [1.807, 2.05) is 0 Å². The van der Waals surface area contributed by atoms with Crippen molar-refractivity contribution in [3.05, 3.63) is 0 Å². The van der Waals surface area contributed by atoms with Crippen molar-refractivity contribution in [2.24, 2.45) is 5.92 Å². The molecule has 0 aliphatic carbocycles. The first kappa shape index (κ1) is 29.0. The van der Waals surface area contributed by atoms with E-state index in [-0.39, 0.29) is 6.03 Å². The second-order valence-corrected chi connectivity index (χ2v) is 9.80. The maximum atomic E-state index is 12.1. The Morgan fingerprint density at radius 2 is 1.14 bits per heavy atom. The Balaban J connectivity index is 3.96. The van der Waals surface area contributed by atoms with Gasteiger partial charge in [-0.05, 0) is 36.0 Å². The molecule has 0 aromatic rings. The van der Waals surface area contributed by atoms with Gasteiger partial charge in [0.2, 0.25) is 0 Å². The van der Waals surface area contributed by atoms with Crippen LogP contribution < -0.4 is 10.6 Å². The molecule has 0 spiro atoms. The molecule has 0 aliphatic heterocycles. The van der Waals surface area contributed by atoms with Crippen LogP contribution in [0.4, 0.5) is 4.79 Å². The number of rotatable bonds is 22. The van der Waals surface area contributed by atoms with E-state index in [2.05, 4.69) is 47.1 Å². The van der Waals surface area contributed by atoms with Gasteiger partial charge in [-0.15, -0.1) is 0 Å². The molecule has 0 bridgehead atoms. The highest BCUT2D eigenvalue weighted by Crippen LogP contribution is 2.19. The van der Waals surface area contributed by atoms with E-state index in [0.29, 0.717) is 5.92 Å². The zero-order chi connectivity index (χ0) is 21.4. The van der Waals surface area contributed by atoms with Crippen LogP contribution in [0.5, 0.6) is 0 Å². The Bertz CT molecular complexity index is 323. The summed E-state index contributed by atoms with van der Waals surface area (Å²) in [5, 5.41) is 6.20. The van der Waals surface area contributed by atoms with Crippen molar-refractivity contribution in [3.8, 4) is 0 Å². The maximum absolute atomic E-state index is 12.1. The minimum absolute atomic E-state index is 0.0368. The molecule has 0 fully saturated rings. The largest absolute Gasteiger partial charge is 0.338 e. The highest BCUT2D eigenvalue weighted by molar-refractivity contribution is 14.1. The number of nitrogens with one attached hydrogen (secondary N) is 2. The zero-order valence-corrected chi connectivity index (χ0v) is 21.9. The average Bonchev–Trinajstić information content (AvgIpc) is 2.73. The van der Waals surface area contributed by atoms with Crippen LogP contribution in [-0.2, 0) is 0 Å². The molecule has 174 valence electrons. The Labute approximate surface area is 196 Å². The number of carbonyl (C=O) groups excluding carboxylic acids is 1. The molecule has 29 heavy (non-hydrogen) atoms. The van der Waals surface area contributed by atoms with E-state index >= 15 is 0 Å². The van der Waals surface area contributed by atoms with Crippen LogP contribution in [0.2, 0.25) is 0 Å². The summed E-state index contributed by atoms with van der Waals surface area (Å²) in [7, 11) is 0. The predicted molar refractivity (Wildman–Crippen MR) is 138 cm³/mol. The van der Waals surface area contributed by atoms with Gasteiger partial charge < -0.3 is 10.6 Å². The fourth-order valence-corrected chi connectivity index (χ4v) is 4.39. The lowest BCUT2D eigenvalue weighted by atomic mass is 9.94. The first-order chi connectivity index (χ1) is 14.2. The summed E-state index contributed by atoms with van der Waals surface area (Å²) in [5.74, 6) is 0.654. The summed E-state index contributed by atoms with van der Waals surface area (Å²) < 4.78 is 1.24. The van der Waals surface area contributed by atoms with Gasteiger partial charge in [-0.1, -0.05) is 126 Å². The Kier molecular flexibility index (Phi) is 24.3. The summed E-state index contributed by atoms with van der Waals surface area (Å²) >= 11 is 2.43. The molecule has 0 aliphatic rings. The topological polar surface area (TPSA) is 41.1 Å². The van der Waals surface area contributed by atoms with E-state index in [9.17, 15) is 4.79 Å². The fraction of sp³-hybridized carbons (Fsp3) is 0.960. The number of unbranched alkanes of at least 4 members (excludes halogenated alkanes) is 13. The van der Waals surface area contributed by atoms with Crippen LogP contribution in [0.25, 0.3) is 0 Å². The molecule has 2 amide bonds. The lowest BCUT2D eigenvalue weighted by molar-refractivity contribution is 0.237. The van der Waals surface area contributed by atoms with E-state index in [1.165, 1.54) is 114 Å². The molecule has 0 saturated heterocycles. The summed E-state index contributed by atoms with van der Waals surface area (Å²) in [6.45, 7) is 6.22. The summed E-state index contributed by atoms with van der Waals surface area (Å²) in [6, 6.07) is 0.0368. The first-order valence-electron chi connectivity index (χ1n) is 12.8. The first-order valence-corrected chi connectivity index (χ1v) is 14.3. The molecule has 0 atom stereocenters. The van der Waals surface area contributed by atoms with Gasteiger partial charge in [0.15, 0.2) is 0 Å². The molecule has 0 unspecified atom stereocenters. The lowest BCUT2D eigenvalue weighted by Crippen LogP contribution is -2.38. The molecule has 2 N–H and O–H groups in total. The number of urea groups is 1. The maximum Gasteiger partial charge on any atom is 0.314 e. The molecular weight excluding hydrogens is 471 g/mol. The van der Waals surface area contributed by atoms with Crippen molar-refractivity contribution in [2.45, 2.75) is 129 Å². The monoisotopic (exact) mass is 522 g/mol. The average molecular weight is 523 g/mol. The quantitative estimate of drug-likeness (QED) is 0.0837. The van der Waals surface area contributed by atoms with Crippen LogP contribution in [0.15, 0.2) is 0 Å². The predicted octanol–water partition coefficient (Wildman–Crippen LogP) is 8.40. The van der Waals surface area contributed by atoms with Gasteiger partial charge in [-0.3, -0.25) is 0 Å². The molecule has 0 radical (unpaired) electrons. The molecule has 0 saturated carbocycles. The fourth-order valence-electron chi connectivity index (χ4n) is 3.85. The van der Waals surface area contributed by atoms with Gasteiger partial charge in [0.1, 0.15) is 0 Å². The molecule has 4 heteroatoms. The van der Waals surface area contributed by atoms with Crippen LogP contribution in [0.3, 0.4) is 0 Å². The van der Waals surface area contributed by atoms with Crippen molar-refractivity contribution in [2.75, 3.05) is 17.5 Å². The van der Waals surface area contributed by atoms with Crippen LogP contribution >= 0.6 is 22.6 Å². The minimum atomic E-state index is 0.0368. The molecular formula is C25H51IN2O. The van der Waals surface area contributed by atoms with Crippen molar-refractivity contribution < 1.29 is 4.79 Å². The van der Waals surface area contributed by atoms with Crippen LogP contribution in [0.1, 0.15) is 129 Å². The third kappa shape index (κ3) is 22.5. The molecule has 0 rings (SSSR count). The van der Waals surface area contributed by atoms with Gasteiger partial charge >= 0.3 is 6.03 Å². The molecule has 0 aromatic heterocycles. The standard InChI is InChI=1S/C25H51IN2O/c1-3-5-7-9-11-15-19-24(20-16-12-10-8-6-4-2)23-28-25(29)27-22-18-14-13-17-21-26/h24H,3-23H2,1-2H3,(H2,27,28,29). The summed E-state index contributed by atoms with van der Waals surface area (Å²) in [6.07, 6.45) is 23.7. The number of alkyl halides is 1. The minimum Gasteiger partial charge on any atom is -0.338 e. The number of amides is 2. The second-order valence-electron chi connectivity index (χ2n) is 8.72. The summed E-state index contributed by atoms with van der Waals surface area (Å²) in [5.41, 5.74) is 0. The highest BCUT2D eigenvalue weighted by Gasteiger charge is 2.10. The molecule has 0 heterocycles. The third-order valence-electron chi connectivity index (χ3n) is 5.83. The highest BCUT2D eigenvalue weighted by atomic mass is 127. The van der Waals surface area contributed by atoms with Crippen molar-refractivity contribution in [3.63, 3.8) is 0 Å². The van der Waals surface area contributed by atoms with Gasteiger partial charge in [-0.25, -0.2) is 4.79 Å². The number of halogens is 1.